The Kier molecular flexibility index (Phi) is 3.53. The van der Waals surface area contributed by atoms with Gasteiger partial charge in [0.2, 0.25) is 5.82 Å². The molecule has 0 fully saturated rings. The SMILES string of the molecule is O=[N+]([O-])c1cc2c(Nc3ccc(F)cc3F)ncnc2cc1F. The summed E-state index contributed by atoms with van der Waals surface area (Å²) in [5, 5.41) is 13.5. The summed E-state index contributed by atoms with van der Waals surface area (Å²) in [6.45, 7) is 0. The molecule has 2 aromatic carbocycles. The molecule has 6 nitrogen and oxygen atoms in total. The lowest BCUT2D eigenvalue weighted by molar-refractivity contribution is -0.387. The molecule has 0 radical (unpaired) electrons. The van der Waals surface area contributed by atoms with Crippen LogP contribution in [0, 0.1) is 27.6 Å². The summed E-state index contributed by atoms with van der Waals surface area (Å²) in [4.78, 5) is 17.6. The topological polar surface area (TPSA) is 81.0 Å². The summed E-state index contributed by atoms with van der Waals surface area (Å²) < 4.78 is 40.2. The molecule has 116 valence electrons. The fourth-order valence-electron chi connectivity index (χ4n) is 2.02. The van der Waals surface area contributed by atoms with Crippen LogP contribution >= 0.6 is 0 Å². The number of nitro groups is 1. The first kappa shape index (κ1) is 14.7. The number of benzene rings is 2. The number of hydrogen-bond acceptors (Lipinski definition) is 5. The van der Waals surface area contributed by atoms with Gasteiger partial charge in [0.15, 0.2) is 0 Å². The highest BCUT2D eigenvalue weighted by molar-refractivity contribution is 5.92. The molecule has 0 saturated carbocycles. The highest BCUT2D eigenvalue weighted by Crippen LogP contribution is 2.29. The number of fused-ring (bicyclic) bond motifs is 1. The lowest BCUT2D eigenvalue weighted by Gasteiger charge is -2.09. The van der Waals surface area contributed by atoms with Gasteiger partial charge in [-0.15, -0.1) is 0 Å². The molecule has 0 aliphatic rings. The van der Waals surface area contributed by atoms with E-state index in [-0.39, 0.29) is 22.4 Å². The van der Waals surface area contributed by atoms with E-state index in [0.717, 1.165) is 30.6 Å². The lowest BCUT2D eigenvalue weighted by Crippen LogP contribution is -2.00. The zero-order chi connectivity index (χ0) is 16.6. The normalized spacial score (nSPS) is 10.7. The molecule has 0 aliphatic carbocycles. The standard InChI is InChI=1S/C14H7F3N4O2/c15-7-1-2-11(9(16)3-7)20-14-8-4-13(21(22)23)10(17)5-12(8)18-6-19-14/h1-6H,(H,18,19,20). The Morgan fingerprint density at radius 1 is 1.04 bits per heavy atom. The quantitative estimate of drug-likeness (QED) is 0.588. The first-order chi connectivity index (χ1) is 11.0. The van der Waals surface area contributed by atoms with Crippen molar-refractivity contribution in [1.29, 1.82) is 0 Å². The van der Waals surface area contributed by atoms with Crippen LogP contribution in [-0.4, -0.2) is 14.9 Å². The van der Waals surface area contributed by atoms with E-state index in [2.05, 4.69) is 15.3 Å². The number of aromatic nitrogens is 2. The summed E-state index contributed by atoms with van der Waals surface area (Å²) in [5.41, 5.74) is -0.735. The van der Waals surface area contributed by atoms with Crippen molar-refractivity contribution in [2.75, 3.05) is 5.32 Å². The third-order valence-electron chi connectivity index (χ3n) is 3.08. The average molecular weight is 320 g/mol. The van der Waals surface area contributed by atoms with E-state index in [1.165, 1.54) is 0 Å². The van der Waals surface area contributed by atoms with Crippen LogP contribution < -0.4 is 5.32 Å². The van der Waals surface area contributed by atoms with Gasteiger partial charge in [-0.3, -0.25) is 10.1 Å². The lowest BCUT2D eigenvalue weighted by atomic mass is 10.2. The van der Waals surface area contributed by atoms with Crippen LogP contribution in [0.5, 0.6) is 0 Å². The van der Waals surface area contributed by atoms with Crippen LogP contribution in [-0.2, 0) is 0 Å². The van der Waals surface area contributed by atoms with Crippen molar-refractivity contribution in [3.05, 3.63) is 64.2 Å². The van der Waals surface area contributed by atoms with Crippen molar-refractivity contribution in [3.8, 4) is 0 Å². The Morgan fingerprint density at radius 3 is 2.52 bits per heavy atom. The maximum Gasteiger partial charge on any atom is 0.305 e. The molecule has 1 N–H and O–H groups in total. The summed E-state index contributed by atoms with van der Waals surface area (Å²) in [6, 6.07) is 4.71. The highest BCUT2D eigenvalue weighted by atomic mass is 19.1. The summed E-state index contributed by atoms with van der Waals surface area (Å²) in [5.74, 6) is -2.63. The Labute approximate surface area is 126 Å². The van der Waals surface area contributed by atoms with Gasteiger partial charge in [0.25, 0.3) is 0 Å². The molecule has 0 bridgehead atoms. The van der Waals surface area contributed by atoms with E-state index in [1.54, 1.807) is 0 Å². The van der Waals surface area contributed by atoms with Gasteiger partial charge in [0, 0.05) is 18.2 Å². The fraction of sp³-hybridized carbons (Fsp3) is 0. The first-order valence-corrected chi connectivity index (χ1v) is 6.26. The van der Waals surface area contributed by atoms with Gasteiger partial charge in [0.1, 0.15) is 23.8 Å². The molecular weight excluding hydrogens is 313 g/mol. The smallest absolute Gasteiger partial charge is 0.305 e. The van der Waals surface area contributed by atoms with Crippen LogP contribution in [0.4, 0.5) is 30.4 Å². The Balaban J connectivity index is 2.13. The minimum atomic E-state index is -1.04. The van der Waals surface area contributed by atoms with Crippen molar-refractivity contribution in [1.82, 2.24) is 9.97 Å². The monoisotopic (exact) mass is 320 g/mol. The van der Waals surface area contributed by atoms with Crippen molar-refractivity contribution >= 4 is 28.1 Å². The molecule has 0 aliphatic heterocycles. The van der Waals surface area contributed by atoms with E-state index >= 15 is 0 Å². The van der Waals surface area contributed by atoms with E-state index in [9.17, 15) is 23.3 Å². The number of nitrogens with one attached hydrogen (secondary N) is 1. The molecule has 0 unspecified atom stereocenters. The molecule has 0 saturated heterocycles. The molecular formula is C14H7F3N4O2. The highest BCUT2D eigenvalue weighted by Gasteiger charge is 2.18. The number of hydrogen-bond donors (Lipinski definition) is 1. The molecule has 9 heteroatoms. The first-order valence-electron chi connectivity index (χ1n) is 6.26. The second kappa shape index (κ2) is 5.52. The van der Waals surface area contributed by atoms with Crippen LogP contribution in [0.3, 0.4) is 0 Å². The van der Waals surface area contributed by atoms with Crippen molar-refractivity contribution in [2.45, 2.75) is 0 Å². The van der Waals surface area contributed by atoms with Gasteiger partial charge in [-0.1, -0.05) is 0 Å². The van der Waals surface area contributed by atoms with E-state index in [0.29, 0.717) is 6.07 Å². The zero-order valence-electron chi connectivity index (χ0n) is 11.3. The average Bonchev–Trinajstić information content (AvgIpc) is 2.49. The molecule has 0 amide bonds. The van der Waals surface area contributed by atoms with Crippen LogP contribution in [0.1, 0.15) is 0 Å². The van der Waals surface area contributed by atoms with E-state index in [1.807, 2.05) is 0 Å². The van der Waals surface area contributed by atoms with Crippen molar-refractivity contribution in [3.63, 3.8) is 0 Å². The Bertz CT molecular complexity index is 933. The second-order valence-corrected chi connectivity index (χ2v) is 4.55. The molecule has 23 heavy (non-hydrogen) atoms. The Hall–Kier alpha value is -3.23. The minimum Gasteiger partial charge on any atom is -0.337 e. The maximum atomic E-state index is 13.7. The summed E-state index contributed by atoms with van der Waals surface area (Å²) in [7, 11) is 0. The van der Waals surface area contributed by atoms with Gasteiger partial charge >= 0.3 is 5.69 Å². The predicted molar refractivity (Wildman–Crippen MR) is 75.8 cm³/mol. The molecule has 0 spiro atoms. The summed E-state index contributed by atoms with van der Waals surface area (Å²) in [6.07, 6.45) is 1.09. The molecule has 1 heterocycles. The van der Waals surface area contributed by atoms with Crippen LogP contribution in [0.25, 0.3) is 10.9 Å². The number of anilines is 2. The van der Waals surface area contributed by atoms with Gasteiger partial charge in [-0.25, -0.2) is 18.7 Å². The number of nitro benzene ring substituents is 1. The maximum absolute atomic E-state index is 13.7. The third-order valence-corrected chi connectivity index (χ3v) is 3.08. The van der Waals surface area contributed by atoms with Gasteiger partial charge in [-0.2, -0.15) is 4.39 Å². The molecule has 0 atom stereocenters. The zero-order valence-corrected chi connectivity index (χ0v) is 11.3. The molecule has 3 rings (SSSR count). The Morgan fingerprint density at radius 2 is 1.83 bits per heavy atom. The van der Waals surface area contributed by atoms with E-state index in [4.69, 9.17) is 0 Å². The van der Waals surface area contributed by atoms with Crippen molar-refractivity contribution in [2.24, 2.45) is 0 Å². The number of rotatable bonds is 3. The second-order valence-electron chi connectivity index (χ2n) is 4.55. The van der Waals surface area contributed by atoms with Crippen LogP contribution in [0.15, 0.2) is 36.7 Å². The number of halogens is 3. The van der Waals surface area contributed by atoms with Crippen molar-refractivity contribution < 1.29 is 18.1 Å². The fourth-order valence-corrected chi connectivity index (χ4v) is 2.02. The predicted octanol–water partition coefficient (Wildman–Crippen LogP) is 3.70. The summed E-state index contributed by atoms with van der Waals surface area (Å²) >= 11 is 0. The van der Waals surface area contributed by atoms with Crippen LogP contribution in [0.2, 0.25) is 0 Å². The molecule has 3 aromatic rings. The van der Waals surface area contributed by atoms with Gasteiger partial charge in [0.05, 0.1) is 21.5 Å². The van der Waals surface area contributed by atoms with Gasteiger partial charge in [-0.05, 0) is 12.1 Å². The van der Waals surface area contributed by atoms with E-state index < -0.39 is 28.1 Å². The number of nitrogens with zero attached hydrogens (tertiary/aromatic N) is 3. The minimum absolute atomic E-state index is 0.0311. The third kappa shape index (κ3) is 2.76. The molecule has 1 aromatic heterocycles. The largest absolute Gasteiger partial charge is 0.337 e. The van der Waals surface area contributed by atoms with Gasteiger partial charge < -0.3 is 5.32 Å².